The first-order valence-corrected chi connectivity index (χ1v) is 13.3. The van der Waals surface area contributed by atoms with E-state index in [2.05, 4.69) is 10.6 Å². The Balaban J connectivity index is 1.24. The summed E-state index contributed by atoms with van der Waals surface area (Å²) >= 11 is 0. The predicted molar refractivity (Wildman–Crippen MR) is 157 cm³/mol. The minimum absolute atomic E-state index is 0.432. The van der Waals surface area contributed by atoms with Crippen molar-refractivity contribution >= 4 is 23.8 Å². The molecule has 4 aromatic rings. The lowest BCUT2D eigenvalue weighted by Crippen LogP contribution is -2.33. The second kappa shape index (κ2) is 15.3. The highest BCUT2D eigenvalue weighted by Gasteiger charge is 2.19. The summed E-state index contributed by atoms with van der Waals surface area (Å²) in [5, 5.41) is 5.73. The standard InChI is InChI=1S/C34H30N2O6/c37-29(35-33(25-13-5-1-6-14-25)26-15-7-2-8-16-26)23-41-31(39)21-22-32(40)42-24-30(38)36-34(27-17-9-3-10-18-27)28-19-11-4-12-20-28/h1-22,33-34H,23-24H2,(H,35,37)(H,36,38)/b22-21+. The van der Waals surface area contributed by atoms with E-state index in [0.29, 0.717) is 0 Å². The molecule has 42 heavy (non-hydrogen) atoms. The molecular formula is C34H30N2O6. The topological polar surface area (TPSA) is 111 Å². The zero-order valence-corrected chi connectivity index (χ0v) is 22.7. The monoisotopic (exact) mass is 562 g/mol. The highest BCUT2D eigenvalue weighted by Crippen LogP contribution is 2.22. The van der Waals surface area contributed by atoms with Crippen molar-refractivity contribution < 1.29 is 28.7 Å². The summed E-state index contributed by atoms with van der Waals surface area (Å²) in [5.41, 5.74) is 3.48. The van der Waals surface area contributed by atoms with Gasteiger partial charge in [0.15, 0.2) is 13.2 Å². The minimum atomic E-state index is -0.907. The van der Waals surface area contributed by atoms with Gasteiger partial charge in [-0.15, -0.1) is 0 Å². The van der Waals surface area contributed by atoms with Gasteiger partial charge in [-0.2, -0.15) is 0 Å². The van der Waals surface area contributed by atoms with Crippen LogP contribution in [0.1, 0.15) is 34.3 Å². The smallest absolute Gasteiger partial charge is 0.331 e. The normalized spacial score (nSPS) is 10.8. The number of hydrogen-bond acceptors (Lipinski definition) is 6. The van der Waals surface area contributed by atoms with Crippen LogP contribution in [0.25, 0.3) is 0 Å². The summed E-state index contributed by atoms with van der Waals surface area (Å²) in [5.74, 6) is -2.84. The van der Waals surface area contributed by atoms with Crippen LogP contribution in [0.3, 0.4) is 0 Å². The third-order valence-corrected chi connectivity index (χ3v) is 6.19. The van der Waals surface area contributed by atoms with Crippen LogP contribution in [0, 0.1) is 0 Å². The lowest BCUT2D eigenvalue weighted by molar-refractivity contribution is -0.145. The molecule has 4 aromatic carbocycles. The van der Waals surface area contributed by atoms with Crippen LogP contribution in [0.15, 0.2) is 133 Å². The number of hydrogen-bond donors (Lipinski definition) is 2. The van der Waals surface area contributed by atoms with Gasteiger partial charge < -0.3 is 20.1 Å². The molecule has 0 aliphatic carbocycles. The Hall–Kier alpha value is -5.50. The summed E-state index contributed by atoms with van der Waals surface area (Å²) in [4.78, 5) is 49.3. The largest absolute Gasteiger partial charge is 0.452 e. The number of esters is 2. The van der Waals surface area contributed by atoms with E-state index >= 15 is 0 Å². The Morgan fingerprint density at radius 2 is 0.738 bits per heavy atom. The van der Waals surface area contributed by atoms with E-state index in [1.54, 1.807) is 0 Å². The molecule has 0 saturated carbocycles. The molecule has 0 aliphatic rings. The molecule has 8 nitrogen and oxygen atoms in total. The van der Waals surface area contributed by atoms with E-state index in [9.17, 15) is 19.2 Å². The maximum absolute atomic E-state index is 12.6. The lowest BCUT2D eigenvalue weighted by Gasteiger charge is -2.19. The number of nitrogens with one attached hydrogen (secondary N) is 2. The molecule has 0 fully saturated rings. The van der Waals surface area contributed by atoms with Gasteiger partial charge in [-0.25, -0.2) is 9.59 Å². The van der Waals surface area contributed by atoms with Crippen molar-refractivity contribution in [3.8, 4) is 0 Å². The molecular weight excluding hydrogens is 532 g/mol. The van der Waals surface area contributed by atoms with Gasteiger partial charge in [-0.3, -0.25) is 9.59 Å². The highest BCUT2D eigenvalue weighted by molar-refractivity contribution is 5.93. The fourth-order valence-electron chi connectivity index (χ4n) is 4.21. The minimum Gasteiger partial charge on any atom is -0.452 e. The second-order valence-electron chi connectivity index (χ2n) is 9.19. The van der Waals surface area contributed by atoms with Crippen molar-refractivity contribution in [1.29, 1.82) is 0 Å². The van der Waals surface area contributed by atoms with Crippen LogP contribution in [0.2, 0.25) is 0 Å². The van der Waals surface area contributed by atoms with Gasteiger partial charge in [0.2, 0.25) is 0 Å². The van der Waals surface area contributed by atoms with Crippen molar-refractivity contribution in [2.75, 3.05) is 13.2 Å². The van der Waals surface area contributed by atoms with Crippen molar-refractivity contribution in [3.05, 3.63) is 156 Å². The SMILES string of the molecule is O=C(COC(=O)/C=C/C(=O)OCC(=O)NC(c1ccccc1)c1ccccc1)NC(c1ccccc1)c1ccccc1. The van der Waals surface area contributed by atoms with Crippen LogP contribution in [-0.2, 0) is 28.7 Å². The number of ether oxygens (including phenoxy) is 2. The average Bonchev–Trinajstić information content (AvgIpc) is 3.04. The molecule has 0 spiro atoms. The molecule has 4 rings (SSSR count). The Bertz CT molecular complexity index is 1300. The Labute approximate surface area is 244 Å². The third-order valence-electron chi connectivity index (χ3n) is 6.19. The van der Waals surface area contributed by atoms with Gasteiger partial charge in [-0.1, -0.05) is 121 Å². The molecule has 2 N–H and O–H groups in total. The highest BCUT2D eigenvalue weighted by atomic mass is 16.5. The van der Waals surface area contributed by atoms with Crippen LogP contribution in [0.5, 0.6) is 0 Å². The molecule has 0 unspecified atom stereocenters. The summed E-state index contributed by atoms with van der Waals surface area (Å²) < 4.78 is 9.96. The van der Waals surface area contributed by atoms with Gasteiger partial charge in [0.25, 0.3) is 11.8 Å². The molecule has 8 heteroatoms. The first-order valence-electron chi connectivity index (χ1n) is 13.3. The van der Waals surface area contributed by atoms with E-state index in [1.807, 2.05) is 121 Å². The zero-order valence-electron chi connectivity index (χ0n) is 22.7. The van der Waals surface area contributed by atoms with Gasteiger partial charge in [0.05, 0.1) is 12.1 Å². The average molecular weight is 563 g/mol. The van der Waals surface area contributed by atoms with Crippen LogP contribution < -0.4 is 10.6 Å². The van der Waals surface area contributed by atoms with Crippen LogP contribution in [0.4, 0.5) is 0 Å². The molecule has 212 valence electrons. The van der Waals surface area contributed by atoms with E-state index in [4.69, 9.17) is 9.47 Å². The van der Waals surface area contributed by atoms with Crippen molar-refractivity contribution in [3.63, 3.8) is 0 Å². The maximum atomic E-state index is 12.6. The molecule has 0 heterocycles. The predicted octanol–water partition coefficient (Wildman–Crippen LogP) is 4.44. The molecule has 2 amide bonds. The molecule has 0 atom stereocenters. The Kier molecular flexibility index (Phi) is 10.8. The van der Waals surface area contributed by atoms with E-state index < -0.39 is 49.1 Å². The molecule has 0 aromatic heterocycles. The van der Waals surface area contributed by atoms with Gasteiger partial charge >= 0.3 is 11.9 Å². The van der Waals surface area contributed by atoms with Gasteiger partial charge in [0, 0.05) is 12.2 Å². The van der Waals surface area contributed by atoms with Crippen molar-refractivity contribution in [2.24, 2.45) is 0 Å². The first kappa shape index (κ1) is 29.5. The Morgan fingerprint density at radius 3 is 1.00 bits per heavy atom. The van der Waals surface area contributed by atoms with Crippen molar-refractivity contribution in [2.45, 2.75) is 12.1 Å². The molecule has 0 radical (unpaired) electrons. The quantitative estimate of drug-likeness (QED) is 0.195. The summed E-state index contributed by atoms with van der Waals surface area (Å²) in [6.45, 7) is -1.09. The fourth-order valence-corrected chi connectivity index (χ4v) is 4.21. The number of carbonyl (C=O) groups excluding carboxylic acids is 4. The van der Waals surface area contributed by atoms with E-state index in [0.717, 1.165) is 34.4 Å². The molecule has 0 aliphatic heterocycles. The summed E-state index contributed by atoms with van der Waals surface area (Å²) in [7, 11) is 0. The van der Waals surface area contributed by atoms with Crippen LogP contribution in [-0.4, -0.2) is 37.0 Å². The Morgan fingerprint density at radius 1 is 0.476 bits per heavy atom. The first-order chi connectivity index (χ1) is 20.5. The second-order valence-corrected chi connectivity index (χ2v) is 9.19. The molecule has 0 saturated heterocycles. The van der Waals surface area contributed by atoms with Gasteiger partial charge in [-0.05, 0) is 22.3 Å². The number of amides is 2. The van der Waals surface area contributed by atoms with Crippen LogP contribution >= 0.6 is 0 Å². The number of rotatable bonds is 12. The number of benzene rings is 4. The zero-order chi connectivity index (χ0) is 29.6. The third kappa shape index (κ3) is 9.02. The maximum Gasteiger partial charge on any atom is 0.331 e. The summed E-state index contributed by atoms with van der Waals surface area (Å²) in [6, 6.07) is 36.8. The van der Waals surface area contributed by atoms with E-state index in [-0.39, 0.29) is 0 Å². The van der Waals surface area contributed by atoms with Crippen molar-refractivity contribution in [1.82, 2.24) is 10.6 Å². The molecule has 0 bridgehead atoms. The number of carbonyl (C=O) groups is 4. The lowest BCUT2D eigenvalue weighted by atomic mass is 9.99. The fraction of sp³-hybridized carbons (Fsp3) is 0.118. The van der Waals surface area contributed by atoms with E-state index in [1.165, 1.54) is 0 Å². The van der Waals surface area contributed by atoms with Gasteiger partial charge in [0.1, 0.15) is 0 Å². The summed E-state index contributed by atoms with van der Waals surface area (Å²) in [6.07, 6.45) is 1.69.